The van der Waals surface area contributed by atoms with Gasteiger partial charge in [-0.15, -0.1) is 0 Å². The first-order valence-electron chi connectivity index (χ1n) is 13.3. The lowest BCUT2D eigenvalue weighted by Crippen LogP contribution is -2.63. The monoisotopic (exact) mass is 524 g/mol. The van der Waals surface area contributed by atoms with Crippen LogP contribution in [-0.2, 0) is 26.3 Å². The highest BCUT2D eigenvalue weighted by Gasteiger charge is 2.47. The average molecular weight is 525 g/mol. The van der Waals surface area contributed by atoms with Gasteiger partial charge in [-0.2, -0.15) is 0 Å². The van der Waals surface area contributed by atoms with Gasteiger partial charge in [0.15, 0.2) is 0 Å². The second kappa shape index (κ2) is 10.6. The lowest BCUT2D eigenvalue weighted by molar-refractivity contribution is -0.142. The van der Waals surface area contributed by atoms with Crippen molar-refractivity contribution in [1.29, 1.82) is 0 Å². The van der Waals surface area contributed by atoms with E-state index in [2.05, 4.69) is 36.3 Å². The van der Waals surface area contributed by atoms with Crippen LogP contribution in [0.5, 0.6) is 0 Å². The number of aromatic nitrogens is 1. The number of rotatable bonds is 7. The molecule has 2 amide bonds. The van der Waals surface area contributed by atoms with Crippen LogP contribution < -0.4 is 5.32 Å². The summed E-state index contributed by atoms with van der Waals surface area (Å²) in [6, 6.07) is 6.42. The van der Waals surface area contributed by atoms with Gasteiger partial charge in [-0.05, 0) is 36.9 Å². The maximum atomic E-state index is 14.0. The van der Waals surface area contributed by atoms with Crippen molar-refractivity contribution in [2.24, 2.45) is 11.3 Å². The summed E-state index contributed by atoms with van der Waals surface area (Å²) in [4.78, 5) is 46.5. The van der Waals surface area contributed by atoms with E-state index >= 15 is 0 Å². The minimum atomic E-state index is -1.02. The number of carboxylic acids is 1. The van der Waals surface area contributed by atoms with Crippen molar-refractivity contribution < 1.29 is 19.5 Å². The van der Waals surface area contributed by atoms with Crippen LogP contribution in [0.2, 0.25) is 0 Å². The first kappa shape index (κ1) is 29.4. The molecule has 2 aromatic rings. The third-order valence-corrected chi connectivity index (χ3v) is 7.84. The lowest BCUT2D eigenvalue weighted by Gasteiger charge is -2.45. The zero-order valence-electron chi connectivity index (χ0n) is 24.5. The number of fused-ring (bicyclic) bond motifs is 3. The third kappa shape index (κ3) is 5.51. The summed E-state index contributed by atoms with van der Waals surface area (Å²) in [6.07, 6.45) is 1.61. The van der Waals surface area contributed by atoms with E-state index in [0.29, 0.717) is 6.54 Å². The van der Waals surface area contributed by atoms with E-state index in [1.54, 1.807) is 18.0 Å². The highest BCUT2D eigenvalue weighted by atomic mass is 16.4. The number of hydrogen-bond donors (Lipinski definition) is 3. The molecule has 0 saturated carbocycles. The molecule has 0 saturated heterocycles. The molecule has 38 heavy (non-hydrogen) atoms. The Balaban J connectivity index is 1.95. The highest BCUT2D eigenvalue weighted by Crippen LogP contribution is 2.42. The summed E-state index contributed by atoms with van der Waals surface area (Å²) in [6.45, 7) is 16.0. The largest absolute Gasteiger partial charge is 0.478 e. The molecule has 1 aromatic carbocycles. The predicted octanol–water partition coefficient (Wildman–Crippen LogP) is 4.30. The van der Waals surface area contributed by atoms with Crippen molar-refractivity contribution in [2.75, 3.05) is 14.1 Å². The number of likely N-dealkylation sites (N-methyl/N-ethyl adjacent to an activating group) is 2. The summed E-state index contributed by atoms with van der Waals surface area (Å²) in [5.74, 6) is -1.48. The Morgan fingerprint density at radius 1 is 1.21 bits per heavy atom. The normalized spacial score (nSPS) is 19.7. The van der Waals surface area contributed by atoms with Gasteiger partial charge in [-0.3, -0.25) is 14.5 Å². The number of carbonyl (C=O) groups excluding carboxylic acids is 2. The molecule has 1 aliphatic rings. The summed E-state index contributed by atoms with van der Waals surface area (Å²) >= 11 is 0. The fraction of sp³-hybridized carbons (Fsp3) is 0.567. The number of nitrogens with zero attached hydrogens (tertiary/aromatic N) is 2. The minimum absolute atomic E-state index is 0.0155. The second-order valence-electron chi connectivity index (χ2n) is 12.7. The molecule has 2 heterocycles. The van der Waals surface area contributed by atoms with E-state index in [1.807, 2.05) is 58.7 Å². The lowest BCUT2D eigenvalue weighted by atomic mass is 9.72. The molecule has 1 aliphatic heterocycles. The van der Waals surface area contributed by atoms with Crippen LogP contribution in [0.3, 0.4) is 0 Å². The van der Waals surface area contributed by atoms with Crippen LogP contribution in [0.4, 0.5) is 0 Å². The molecule has 3 atom stereocenters. The van der Waals surface area contributed by atoms with Crippen LogP contribution in [-0.4, -0.2) is 69.9 Å². The molecule has 0 radical (unpaired) electrons. The molecular formula is C30H44N4O4. The van der Waals surface area contributed by atoms with Gasteiger partial charge in [0.2, 0.25) is 11.8 Å². The van der Waals surface area contributed by atoms with Gasteiger partial charge in [0.05, 0.1) is 12.1 Å². The number of aromatic amines is 1. The van der Waals surface area contributed by atoms with Crippen molar-refractivity contribution in [1.82, 2.24) is 20.1 Å². The molecular weight excluding hydrogens is 480 g/mol. The second-order valence-corrected chi connectivity index (χ2v) is 12.7. The van der Waals surface area contributed by atoms with Crippen LogP contribution in [0, 0.1) is 11.3 Å². The fourth-order valence-corrected chi connectivity index (χ4v) is 5.91. The number of benzene rings is 1. The van der Waals surface area contributed by atoms with Crippen LogP contribution >= 0.6 is 0 Å². The van der Waals surface area contributed by atoms with Crippen LogP contribution in [0.1, 0.15) is 66.6 Å². The number of aliphatic carboxylic acids is 1. The molecule has 8 heteroatoms. The first-order valence-corrected chi connectivity index (χ1v) is 13.3. The number of hydrogen-bond acceptors (Lipinski definition) is 4. The molecule has 3 rings (SSSR count). The van der Waals surface area contributed by atoms with Gasteiger partial charge in [0, 0.05) is 41.2 Å². The summed E-state index contributed by atoms with van der Waals surface area (Å²) < 4.78 is 0. The number of para-hydroxylation sites is 1. The van der Waals surface area contributed by atoms with E-state index in [9.17, 15) is 19.5 Å². The quantitative estimate of drug-likeness (QED) is 0.468. The minimum Gasteiger partial charge on any atom is -0.478 e. The van der Waals surface area contributed by atoms with Gasteiger partial charge in [0.1, 0.15) is 6.04 Å². The zero-order chi connectivity index (χ0) is 28.7. The highest BCUT2D eigenvalue weighted by molar-refractivity contribution is 5.94. The van der Waals surface area contributed by atoms with Gasteiger partial charge >= 0.3 is 5.97 Å². The van der Waals surface area contributed by atoms with Crippen molar-refractivity contribution >= 4 is 28.7 Å². The van der Waals surface area contributed by atoms with Crippen molar-refractivity contribution in [3.8, 4) is 0 Å². The van der Waals surface area contributed by atoms with E-state index in [0.717, 1.165) is 22.2 Å². The van der Waals surface area contributed by atoms with Gasteiger partial charge in [-0.1, -0.05) is 72.7 Å². The number of H-pyrrole nitrogens is 1. The number of nitrogens with one attached hydrogen (secondary N) is 2. The summed E-state index contributed by atoms with van der Waals surface area (Å²) in [5, 5.41) is 13.6. The van der Waals surface area contributed by atoms with Crippen molar-refractivity contribution in [2.45, 2.75) is 85.5 Å². The summed E-state index contributed by atoms with van der Waals surface area (Å²) in [7, 11) is 3.62. The number of amides is 2. The van der Waals surface area contributed by atoms with E-state index in [4.69, 9.17) is 0 Å². The van der Waals surface area contributed by atoms with Gasteiger partial charge < -0.3 is 20.3 Å². The molecule has 1 aromatic heterocycles. The predicted molar refractivity (Wildman–Crippen MR) is 151 cm³/mol. The Morgan fingerprint density at radius 2 is 1.82 bits per heavy atom. The molecule has 0 aliphatic carbocycles. The Labute approximate surface area is 226 Å². The average Bonchev–Trinajstić information content (AvgIpc) is 3.17. The Kier molecular flexibility index (Phi) is 8.18. The van der Waals surface area contributed by atoms with Crippen molar-refractivity contribution in [3.05, 3.63) is 47.2 Å². The Morgan fingerprint density at radius 3 is 2.37 bits per heavy atom. The fourth-order valence-electron chi connectivity index (χ4n) is 5.91. The number of carboxylic acid groups (broad SMARTS) is 1. The summed E-state index contributed by atoms with van der Waals surface area (Å²) in [5.41, 5.74) is 2.37. The topological polar surface area (TPSA) is 106 Å². The molecule has 0 bridgehead atoms. The molecule has 208 valence electrons. The molecule has 3 N–H and O–H groups in total. The maximum absolute atomic E-state index is 14.0. The first-order chi connectivity index (χ1) is 17.5. The Bertz CT molecular complexity index is 1250. The van der Waals surface area contributed by atoms with Crippen LogP contribution in [0.15, 0.2) is 35.9 Å². The van der Waals surface area contributed by atoms with Gasteiger partial charge in [-0.25, -0.2) is 4.79 Å². The smallest absolute Gasteiger partial charge is 0.331 e. The van der Waals surface area contributed by atoms with E-state index in [-0.39, 0.29) is 23.3 Å². The molecule has 8 nitrogen and oxygen atoms in total. The standard InChI is InChI=1S/C30H44N4O4/c1-17(2)22(15-18(3)28(37)38)34(10)27(36)24(29(4,5)6)32-26(35)25-30(7,8)23-19-13-11-12-14-20(19)31-21(23)16-33(25)9/h11-15,17,22,24-25,31H,16H2,1-10H3,(H,32,35)(H,37,38)/b18-15+/t22-,24-,25-/m1/s1. The van der Waals surface area contributed by atoms with E-state index in [1.165, 1.54) is 6.92 Å². The zero-order valence-corrected chi connectivity index (χ0v) is 24.5. The third-order valence-electron chi connectivity index (χ3n) is 7.84. The maximum Gasteiger partial charge on any atom is 0.331 e. The van der Waals surface area contributed by atoms with Crippen molar-refractivity contribution in [3.63, 3.8) is 0 Å². The molecule has 0 spiro atoms. The number of carbonyl (C=O) groups is 3. The van der Waals surface area contributed by atoms with E-state index < -0.39 is 34.9 Å². The molecule has 0 unspecified atom stereocenters. The molecule has 0 fully saturated rings. The SMILES string of the molecule is C/C(=C\[C@H](C(C)C)N(C)C(=O)[C@@H](NC(=O)[C@H]1N(C)Cc2[nH]c3ccccc3c2C1(C)C)C(C)(C)C)C(=O)O. The van der Waals surface area contributed by atoms with Crippen LogP contribution in [0.25, 0.3) is 10.9 Å². The van der Waals surface area contributed by atoms with Gasteiger partial charge in [0.25, 0.3) is 0 Å². The Hall–Kier alpha value is -3.13.